The van der Waals surface area contributed by atoms with Gasteiger partial charge in [-0.25, -0.2) is 0 Å². The van der Waals surface area contributed by atoms with Crippen LogP contribution in [0.25, 0.3) is 0 Å². The molecule has 1 saturated heterocycles. The number of aromatic nitrogens is 2. The molecule has 1 aromatic carbocycles. The number of benzene rings is 1. The Morgan fingerprint density at radius 2 is 1.93 bits per heavy atom. The number of carbonyl (C=O) groups excluding carboxylic acids is 1. The van der Waals surface area contributed by atoms with Gasteiger partial charge in [-0.3, -0.25) is 4.79 Å². The van der Waals surface area contributed by atoms with Gasteiger partial charge in [-0.1, -0.05) is 5.16 Å². The second-order valence-electron chi connectivity index (χ2n) is 7.15. The molecule has 2 aromatic rings. The first-order valence-corrected chi connectivity index (χ1v) is 9.81. The van der Waals surface area contributed by atoms with Gasteiger partial charge in [0, 0.05) is 45.2 Å². The topological polar surface area (TPSA) is 83.7 Å². The predicted octanol–water partition coefficient (Wildman–Crippen LogP) is 1.71. The average Bonchev–Trinajstić information content (AvgIpc) is 3.13. The van der Waals surface area contributed by atoms with Crippen molar-refractivity contribution < 1.29 is 14.1 Å². The summed E-state index contributed by atoms with van der Waals surface area (Å²) < 4.78 is 10.5. The number of nitrogens with one attached hydrogen (secondary N) is 1. The van der Waals surface area contributed by atoms with E-state index in [9.17, 15) is 4.79 Å². The van der Waals surface area contributed by atoms with Gasteiger partial charge >= 0.3 is 0 Å². The molecule has 8 nitrogen and oxygen atoms in total. The van der Waals surface area contributed by atoms with Crippen molar-refractivity contribution in [2.24, 2.45) is 0 Å². The smallest absolute Gasteiger partial charge is 0.251 e. The zero-order valence-electron chi connectivity index (χ0n) is 16.7. The van der Waals surface area contributed by atoms with Gasteiger partial charge in [0.2, 0.25) is 11.7 Å². The third kappa shape index (κ3) is 6.31. The van der Waals surface area contributed by atoms with Gasteiger partial charge in [0.15, 0.2) is 6.61 Å². The molecule has 0 radical (unpaired) electrons. The normalized spacial score (nSPS) is 15.5. The first-order valence-electron chi connectivity index (χ1n) is 9.81. The number of likely N-dealkylation sites (N-methyl/N-ethyl adjacent to an activating group) is 1. The molecular weight excluding hydrogens is 358 g/mol. The highest BCUT2D eigenvalue weighted by molar-refractivity contribution is 5.94. The lowest BCUT2D eigenvalue weighted by Gasteiger charge is -2.32. The fourth-order valence-corrected chi connectivity index (χ4v) is 3.09. The Morgan fingerprint density at radius 3 is 2.61 bits per heavy atom. The van der Waals surface area contributed by atoms with Crippen LogP contribution in [0, 0.1) is 6.92 Å². The number of rotatable bonds is 9. The van der Waals surface area contributed by atoms with Crippen LogP contribution < -0.4 is 10.1 Å². The van der Waals surface area contributed by atoms with Crippen LogP contribution in [0.5, 0.6) is 5.75 Å². The molecule has 1 N–H and O–H groups in total. The van der Waals surface area contributed by atoms with Crippen LogP contribution in [0.4, 0.5) is 0 Å². The lowest BCUT2D eigenvalue weighted by Crippen LogP contribution is -2.44. The van der Waals surface area contributed by atoms with Crippen LogP contribution in [-0.4, -0.2) is 72.2 Å². The molecule has 0 aliphatic carbocycles. The maximum absolute atomic E-state index is 12.2. The summed E-state index contributed by atoms with van der Waals surface area (Å²) in [5.41, 5.74) is 0.627. The summed E-state index contributed by atoms with van der Waals surface area (Å²) in [7, 11) is 2.17. The molecule has 8 heteroatoms. The van der Waals surface area contributed by atoms with Crippen molar-refractivity contribution in [3.8, 4) is 5.75 Å². The van der Waals surface area contributed by atoms with E-state index in [-0.39, 0.29) is 12.5 Å². The van der Waals surface area contributed by atoms with E-state index in [1.807, 2.05) is 0 Å². The third-order valence-corrected chi connectivity index (χ3v) is 4.84. The van der Waals surface area contributed by atoms with E-state index < -0.39 is 0 Å². The van der Waals surface area contributed by atoms with E-state index in [2.05, 4.69) is 32.3 Å². The van der Waals surface area contributed by atoms with Crippen molar-refractivity contribution in [3.63, 3.8) is 0 Å². The molecule has 1 aliphatic rings. The van der Waals surface area contributed by atoms with Crippen molar-refractivity contribution >= 4 is 5.91 Å². The Balaban J connectivity index is 1.31. The Hall–Kier alpha value is -2.45. The summed E-state index contributed by atoms with van der Waals surface area (Å²) in [6.07, 6.45) is 2.09. The van der Waals surface area contributed by atoms with E-state index in [4.69, 9.17) is 9.26 Å². The van der Waals surface area contributed by atoms with Gasteiger partial charge in [-0.05, 0) is 50.7 Å². The molecule has 0 bridgehead atoms. The second-order valence-corrected chi connectivity index (χ2v) is 7.15. The Labute approximate surface area is 165 Å². The number of piperazine rings is 1. The Bertz CT molecular complexity index is 739. The van der Waals surface area contributed by atoms with Crippen molar-refractivity contribution in [1.29, 1.82) is 0 Å². The number of carbonyl (C=O) groups is 1. The Kier molecular flexibility index (Phi) is 7.39. The van der Waals surface area contributed by atoms with E-state index in [0.717, 1.165) is 45.6 Å². The highest BCUT2D eigenvalue weighted by Crippen LogP contribution is 2.13. The van der Waals surface area contributed by atoms with Crippen LogP contribution in [0.2, 0.25) is 0 Å². The SMILES string of the molecule is Cc1nc(COc2ccc(C(=O)NCCCCN3CCN(C)CC3)cc2)no1. The second kappa shape index (κ2) is 10.2. The van der Waals surface area contributed by atoms with Crippen LogP contribution in [0.15, 0.2) is 28.8 Å². The van der Waals surface area contributed by atoms with Crippen molar-refractivity contribution in [2.45, 2.75) is 26.4 Å². The van der Waals surface area contributed by atoms with Crippen LogP contribution in [0.3, 0.4) is 0 Å². The maximum Gasteiger partial charge on any atom is 0.251 e. The molecule has 2 heterocycles. The zero-order valence-corrected chi connectivity index (χ0v) is 16.7. The van der Waals surface area contributed by atoms with Crippen molar-refractivity contribution in [2.75, 3.05) is 46.3 Å². The highest BCUT2D eigenvalue weighted by atomic mass is 16.5. The van der Waals surface area contributed by atoms with Gasteiger partial charge in [0.25, 0.3) is 5.91 Å². The van der Waals surface area contributed by atoms with Crippen LogP contribution >= 0.6 is 0 Å². The van der Waals surface area contributed by atoms with E-state index >= 15 is 0 Å². The number of unbranched alkanes of at least 4 members (excludes halogenated alkanes) is 1. The minimum atomic E-state index is -0.0556. The average molecular weight is 387 g/mol. The molecule has 1 aliphatic heterocycles. The van der Waals surface area contributed by atoms with E-state index in [0.29, 0.717) is 29.6 Å². The number of aryl methyl sites for hydroxylation is 1. The summed E-state index contributed by atoms with van der Waals surface area (Å²) in [6, 6.07) is 7.07. The van der Waals surface area contributed by atoms with Gasteiger partial charge in [-0.15, -0.1) is 0 Å². The van der Waals surface area contributed by atoms with Crippen molar-refractivity contribution in [3.05, 3.63) is 41.5 Å². The largest absolute Gasteiger partial charge is 0.485 e. The van der Waals surface area contributed by atoms with Crippen molar-refractivity contribution in [1.82, 2.24) is 25.3 Å². The first-order chi connectivity index (χ1) is 13.6. The van der Waals surface area contributed by atoms with Gasteiger partial charge in [0.1, 0.15) is 5.75 Å². The molecule has 0 spiro atoms. The summed E-state index contributed by atoms with van der Waals surface area (Å²) in [5, 5.41) is 6.76. The van der Waals surface area contributed by atoms with E-state index in [1.54, 1.807) is 31.2 Å². The van der Waals surface area contributed by atoms with Gasteiger partial charge in [-0.2, -0.15) is 4.98 Å². The third-order valence-electron chi connectivity index (χ3n) is 4.84. The molecule has 152 valence electrons. The summed E-state index contributed by atoms with van der Waals surface area (Å²) in [4.78, 5) is 21.2. The first kappa shape index (κ1) is 20.3. The minimum Gasteiger partial charge on any atom is -0.485 e. The minimum absolute atomic E-state index is 0.0556. The molecule has 0 unspecified atom stereocenters. The number of nitrogens with zero attached hydrogens (tertiary/aromatic N) is 4. The number of amides is 1. The number of ether oxygens (including phenoxy) is 1. The standard InChI is InChI=1S/C20H29N5O3/c1-16-22-19(23-28-16)15-27-18-7-5-17(6-8-18)20(26)21-9-3-4-10-25-13-11-24(2)12-14-25/h5-8H,3-4,9-15H2,1-2H3,(H,21,26). The summed E-state index contributed by atoms with van der Waals surface area (Å²) >= 11 is 0. The summed E-state index contributed by atoms with van der Waals surface area (Å²) in [5.74, 6) is 1.61. The van der Waals surface area contributed by atoms with Crippen LogP contribution in [-0.2, 0) is 6.61 Å². The molecule has 0 atom stereocenters. The zero-order chi connectivity index (χ0) is 19.8. The molecule has 1 aromatic heterocycles. The molecular formula is C20H29N5O3. The molecule has 1 amide bonds. The quantitative estimate of drug-likeness (QED) is 0.656. The molecule has 28 heavy (non-hydrogen) atoms. The lowest BCUT2D eigenvalue weighted by atomic mass is 10.2. The fraction of sp³-hybridized carbons (Fsp3) is 0.550. The molecule has 1 fully saturated rings. The molecule has 3 rings (SSSR count). The number of hydrogen-bond acceptors (Lipinski definition) is 7. The van der Waals surface area contributed by atoms with Gasteiger partial charge < -0.3 is 24.4 Å². The monoisotopic (exact) mass is 387 g/mol. The van der Waals surface area contributed by atoms with E-state index in [1.165, 1.54) is 0 Å². The number of hydrogen-bond donors (Lipinski definition) is 1. The fourth-order valence-electron chi connectivity index (χ4n) is 3.09. The molecule has 0 saturated carbocycles. The highest BCUT2D eigenvalue weighted by Gasteiger charge is 2.13. The van der Waals surface area contributed by atoms with Crippen LogP contribution in [0.1, 0.15) is 34.9 Å². The predicted molar refractivity (Wildman–Crippen MR) is 105 cm³/mol. The maximum atomic E-state index is 12.2. The lowest BCUT2D eigenvalue weighted by molar-refractivity contribution is 0.0952. The Morgan fingerprint density at radius 1 is 1.18 bits per heavy atom. The summed E-state index contributed by atoms with van der Waals surface area (Å²) in [6.45, 7) is 8.34. The van der Waals surface area contributed by atoms with Gasteiger partial charge in [0.05, 0.1) is 0 Å².